The first kappa shape index (κ1) is 28.7. The van der Waals surface area contributed by atoms with E-state index in [1.165, 1.54) is 5.56 Å². The lowest BCUT2D eigenvalue weighted by Crippen LogP contribution is -2.38. The summed E-state index contributed by atoms with van der Waals surface area (Å²) >= 11 is 7.49. The second kappa shape index (κ2) is 13.2. The van der Waals surface area contributed by atoms with Gasteiger partial charge in [0.25, 0.3) is 5.91 Å². The Morgan fingerprint density at radius 2 is 1.76 bits per heavy atom. The number of rotatable bonds is 5. The highest BCUT2D eigenvalue weighted by atomic mass is 35.5. The molecule has 0 N–H and O–H groups in total. The summed E-state index contributed by atoms with van der Waals surface area (Å²) in [5.74, 6) is 0.509. The maximum Gasteiger partial charge on any atom is 0.268 e. The smallest absolute Gasteiger partial charge is 0.268 e. The summed E-state index contributed by atoms with van der Waals surface area (Å²) in [7, 11) is 1.61. The van der Waals surface area contributed by atoms with Gasteiger partial charge >= 0.3 is 0 Å². The average Bonchev–Trinajstić information content (AvgIpc) is 3.47. The number of nitrogens with zero attached hydrogens (tertiary/aromatic N) is 5. The number of fused-ring (bicyclic) bond motifs is 1. The van der Waals surface area contributed by atoms with Gasteiger partial charge in [0.15, 0.2) is 0 Å². The molecule has 1 aliphatic heterocycles. The number of hydrogen-bond donors (Lipinski definition) is 0. The predicted octanol–water partition coefficient (Wildman–Crippen LogP) is 5.77. The van der Waals surface area contributed by atoms with Crippen molar-refractivity contribution in [2.24, 2.45) is 0 Å². The Labute approximate surface area is 249 Å². The van der Waals surface area contributed by atoms with Crippen LogP contribution in [0.1, 0.15) is 34.1 Å². The van der Waals surface area contributed by atoms with Gasteiger partial charge < -0.3 is 14.5 Å². The van der Waals surface area contributed by atoms with Gasteiger partial charge in [-0.05, 0) is 65.5 Å². The maximum absolute atomic E-state index is 14.2. The molecule has 0 radical (unpaired) electrons. The predicted molar refractivity (Wildman–Crippen MR) is 162 cm³/mol. The van der Waals surface area contributed by atoms with E-state index < -0.39 is 0 Å². The zero-order valence-electron chi connectivity index (χ0n) is 23.1. The number of hydrogen-bond acceptors (Lipinski definition) is 7. The van der Waals surface area contributed by atoms with Crippen molar-refractivity contribution in [1.29, 1.82) is 0 Å². The van der Waals surface area contributed by atoms with Crippen LogP contribution in [0.2, 0.25) is 5.02 Å². The molecule has 0 saturated carbocycles. The Bertz CT molecular complexity index is 1500. The van der Waals surface area contributed by atoms with Crippen LogP contribution in [0.25, 0.3) is 11.3 Å². The Hall–Kier alpha value is -3.79. The van der Waals surface area contributed by atoms with Crippen LogP contribution in [-0.4, -0.2) is 64.5 Å². The van der Waals surface area contributed by atoms with Crippen molar-refractivity contribution < 1.29 is 14.3 Å². The molecule has 3 aromatic carbocycles. The van der Waals surface area contributed by atoms with E-state index in [4.69, 9.17) is 16.3 Å². The zero-order valence-corrected chi connectivity index (χ0v) is 24.7. The molecule has 1 aromatic heterocycles. The van der Waals surface area contributed by atoms with Crippen LogP contribution in [0.4, 0.5) is 5.69 Å². The fourth-order valence-electron chi connectivity index (χ4n) is 5.07. The summed E-state index contributed by atoms with van der Waals surface area (Å²) in [6, 6.07) is 23.3. The number of halogens is 1. The van der Waals surface area contributed by atoms with Gasteiger partial charge in [0.05, 0.1) is 12.8 Å². The van der Waals surface area contributed by atoms with Gasteiger partial charge in [0.2, 0.25) is 5.91 Å². The van der Waals surface area contributed by atoms with Crippen LogP contribution >= 0.6 is 23.1 Å². The van der Waals surface area contributed by atoms with Crippen molar-refractivity contribution in [1.82, 2.24) is 19.4 Å². The van der Waals surface area contributed by atoms with Crippen molar-refractivity contribution in [2.45, 2.75) is 26.4 Å². The number of benzene rings is 3. The summed E-state index contributed by atoms with van der Waals surface area (Å²) in [6.07, 6.45) is 0.784. The molecule has 2 heterocycles. The van der Waals surface area contributed by atoms with Crippen molar-refractivity contribution >= 4 is 40.6 Å². The third-order valence-corrected chi connectivity index (χ3v) is 8.15. The van der Waals surface area contributed by atoms with E-state index in [-0.39, 0.29) is 11.8 Å². The number of methoxy groups -OCH3 is 1. The van der Waals surface area contributed by atoms with Crippen molar-refractivity contribution in [3.05, 3.63) is 93.8 Å². The van der Waals surface area contributed by atoms with Crippen molar-refractivity contribution in [3.63, 3.8) is 0 Å². The minimum absolute atomic E-state index is 0.0614. The van der Waals surface area contributed by atoms with E-state index >= 15 is 0 Å². The van der Waals surface area contributed by atoms with Gasteiger partial charge in [0, 0.05) is 56.8 Å². The van der Waals surface area contributed by atoms with Gasteiger partial charge in [-0.1, -0.05) is 52.5 Å². The SMILES string of the molecule is COc1ccc(-c2nnsc2C(=O)N2CCN(Cc3ccccc3)CCCN(C(C)=O)c3cc(Cl)ccc3C2)cc1. The van der Waals surface area contributed by atoms with Crippen LogP contribution in [-0.2, 0) is 17.9 Å². The number of aromatic nitrogens is 2. The highest BCUT2D eigenvalue weighted by Crippen LogP contribution is 2.30. The van der Waals surface area contributed by atoms with E-state index in [0.29, 0.717) is 41.8 Å². The molecule has 0 fully saturated rings. The molecule has 212 valence electrons. The topological polar surface area (TPSA) is 78.9 Å². The molecule has 41 heavy (non-hydrogen) atoms. The van der Waals surface area contributed by atoms with E-state index in [0.717, 1.165) is 53.6 Å². The number of amides is 2. The van der Waals surface area contributed by atoms with Crippen LogP contribution in [0.3, 0.4) is 0 Å². The summed E-state index contributed by atoms with van der Waals surface area (Å²) in [4.78, 5) is 33.4. The van der Waals surface area contributed by atoms with Gasteiger partial charge in [-0.15, -0.1) is 5.10 Å². The monoisotopic (exact) mass is 589 g/mol. The van der Waals surface area contributed by atoms with Crippen LogP contribution in [0.5, 0.6) is 5.75 Å². The lowest BCUT2D eigenvalue weighted by atomic mass is 10.1. The minimum Gasteiger partial charge on any atom is -0.497 e. The molecule has 0 spiro atoms. The summed E-state index contributed by atoms with van der Waals surface area (Å²) in [5.41, 5.74) is 4.13. The second-order valence-electron chi connectivity index (χ2n) is 9.96. The summed E-state index contributed by atoms with van der Waals surface area (Å²) < 4.78 is 9.43. The standard InChI is InChI=1S/C31H32ClN5O3S/c1-22(38)37-16-6-15-35(20-23-7-4-3-5-8-23)17-18-36(21-25-9-12-26(32)19-28(25)37)31(39)30-29(33-34-41-30)24-10-13-27(40-2)14-11-24/h3-5,7-14,19H,6,15-18,20-21H2,1-2H3. The second-order valence-corrected chi connectivity index (χ2v) is 11.2. The van der Waals surface area contributed by atoms with Crippen molar-refractivity contribution in [3.8, 4) is 17.0 Å². The Kier molecular flexibility index (Phi) is 9.28. The molecule has 10 heteroatoms. The lowest BCUT2D eigenvalue weighted by molar-refractivity contribution is -0.116. The third kappa shape index (κ3) is 6.93. The molecule has 0 atom stereocenters. The Balaban J connectivity index is 1.50. The zero-order chi connectivity index (χ0) is 28.8. The minimum atomic E-state index is -0.153. The fraction of sp³-hybridized carbons (Fsp3) is 0.290. The molecule has 0 bridgehead atoms. The molecule has 0 unspecified atom stereocenters. The quantitative estimate of drug-likeness (QED) is 0.294. The first-order valence-corrected chi connectivity index (χ1v) is 14.7. The Morgan fingerprint density at radius 1 is 0.976 bits per heavy atom. The van der Waals surface area contributed by atoms with Crippen LogP contribution in [0, 0.1) is 0 Å². The number of carbonyl (C=O) groups excluding carboxylic acids is 2. The molecule has 8 nitrogen and oxygen atoms in total. The average molecular weight is 590 g/mol. The number of anilines is 1. The van der Waals surface area contributed by atoms with E-state index in [1.54, 1.807) is 25.0 Å². The highest BCUT2D eigenvalue weighted by molar-refractivity contribution is 7.08. The highest BCUT2D eigenvalue weighted by Gasteiger charge is 2.27. The van der Waals surface area contributed by atoms with Gasteiger partial charge in [-0.2, -0.15) is 0 Å². The maximum atomic E-state index is 14.2. The molecule has 0 saturated heterocycles. The Morgan fingerprint density at radius 3 is 2.49 bits per heavy atom. The number of ether oxygens (including phenoxy) is 1. The van der Waals surface area contributed by atoms with Gasteiger partial charge in [0.1, 0.15) is 16.3 Å². The molecule has 1 aliphatic rings. The fourth-order valence-corrected chi connectivity index (χ4v) is 5.89. The molecular weight excluding hydrogens is 558 g/mol. The van der Waals surface area contributed by atoms with Crippen molar-refractivity contribution in [2.75, 3.05) is 38.2 Å². The lowest BCUT2D eigenvalue weighted by Gasteiger charge is -2.28. The van der Waals surface area contributed by atoms with Gasteiger partial charge in [-0.3, -0.25) is 14.5 Å². The summed E-state index contributed by atoms with van der Waals surface area (Å²) in [6.45, 7) is 5.13. The van der Waals surface area contributed by atoms with Crippen LogP contribution < -0.4 is 9.64 Å². The third-order valence-electron chi connectivity index (χ3n) is 7.20. The molecule has 2 amide bonds. The van der Waals surface area contributed by atoms with E-state index in [1.807, 2.05) is 59.5 Å². The summed E-state index contributed by atoms with van der Waals surface area (Å²) in [5, 5.41) is 4.85. The largest absolute Gasteiger partial charge is 0.497 e. The first-order chi connectivity index (χ1) is 19.9. The molecule has 5 rings (SSSR count). The molecule has 4 aromatic rings. The molecule has 0 aliphatic carbocycles. The van der Waals surface area contributed by atoms with Crippen LogP contribution in [0.15, 0.2) is 72.8 Å². The van der Waals surface area contributed by atoms with E-state index in [2.05, 4.69) is 26.6 Å². The molecular formula is C31H32ClN5O3S. The normalized spacial score (nSPS) is 14.7. The van der Waals surface area contributed by atoms with E-state index in [9.17, 15) is 9.59 Å². The van der Waals surface area contributed by atoms with Gasteiger partial charge in [-0.25, -0.2) is 0 Å². The first-order valence-electron chi connectivity index (χ1n) is 13.5. The number of carbonyl (C=O) groups is 2.